The van der Waals surface area contributed by atoms with Crippen LogP contribution >= 0.6 is 0 Å². The summed E-state index contributed by atoms with van der Waals surface area (Å²) in [5, 5.41) is 8.75. The van der Waals surface area contributed by atoms with Crippen molar-refractivity contribution >= 4 is 16.0 Å². The number of rotatable bonds is 4. The number of fused-ring (bicyclic) bond motifs is 1. The Kier molecular flexibility index (Phi) is 4.15. The van der Waals surface area contributed by atoms with Gasteiger partial charge in [-0.3, -0.25) is 4.79 Å². The zero-order valence-corrected chi connectivity index (χ0v) is 11.6. The van der Waals surface area contributed by atoms with Crippen LogP contribution in [-0.2, 0) is 14.8 Å². The van der Waals surface area contributed by atoms with Gasteiger partial charge in [0.15, 0.2) is 11.5 Å². The van der Waals surface area contributed by atoms with E-state index in [1.165, 1.54) is 25.1 Å². The van der Waals surface area contributed by atoms with Gasteiger partial charge in [-0.05, 0) is 19.1 Å². The van der Waals surface area contributed by atoms with Gasteiger partial charge in [-0.15, -0.1) is 0 Å². The Labute approximate surface area is 116 Å². The second kappa shape index (κ2) is 5.68. The minimum absolute atomic E-state index is 0.0603. The molecule has 1 aliphatic rings. The summed E-state index contributed by atoms with van der Waals surface area (Å²) < 4.78 is 37.0. The van der Waals surface area contributed by atoms with E-state index in [2.05, 4.69) is 4.72 Å². The molecule has 0 spiro atoms. The van der Waals surface area contributed by atoms with E-state index in [0.29, 0.717) is 31.1 Å². The highest BCUT2D eigenvalue weighted by atomic mass is 32.2. The molecule has 7 nitrogen and oxygen atoms in total. The standard InChI is InChI=1S/C12H15NO6S/c1-8(12(14)15)13-20(16,17)9-3-4-10-11(7-9)19-6-2-5-18-10/h3-4,7-8,13H,2,5-6H2,1H3,(H,14,15)/t8-/m1/s1. The summed E-state index contributed by atoms with van der Waals surface area (Å²) in [7, 11) is -3.92. The summed E-state index contributed by atoms with van der Waals surface area (Å²) in [5.74, 6) is -0.427. The van der Waals surface area contributed by atoms with Gasteiger partial charge in [0, 0.05) is 12.5 Å². The number of carbonyl (C=O) groups is 1. The van der Waals surface area contributed by atoms with E-state index < -0.39 is 22.0 Å². The number of ether oxygens (including phenoxy) is 2. The van der Waals surface area contributed by atoms with Crippen LogP contribution in [0, 0.1) is 0 Å². The van der Waals surface area contributed by atoms with Crippen LogP contribution in [0.25, 0.3) is 0 Å². The van der Waals surface area contributed by atoms with Crippen molar-refractivity contribution in [3.8, 4) is 11.5 Å². The van der Waals surface area contributed by atoms with Crippen LogP contribution in [0.1, 0.15) is 13.3 Å². The molecule has 2 rings (SSSR count). The van der Waals surface area contributed by atoms with Gasteiger partial charge in [0.1, 0.15) is 6.04 Å². The molecule has 0 radical (unpaired) electrons. The zero-order valence-electron chi connectivity index (χ0n) is 10.8. The second-order valence-electron chi connectivity index (χ2n) is 4.34. The first-order valence-electron chi connectivity index (χ1n) is 6.05. The number of hydrogen-bond acceptors (Lipinski definition) is 5. The maximum Gasteiger partial charge on any atom is 0.321 e. The van der Waals surface area contributed by atoms with E-state index >= 15 is 0 Å². The van der Waals surface area contributed by atoms with E-state index in [-0.39, 0.29) is 4.90 Å². The number of nitrogens with one attached hydrogen (secondary N) is 1. The third-order valence-electron chi connectivity index (χ3n) is 2.73. The Morgan fingerprint density at radius 3 is 2.60 bits per heavy atom. The lowest BCUT2D eigenvalue weighted by atomic mass is 10.3. The molecule has 8 heteroatoms. The molecule has 0 unspecified atom stereocenters. The highest BCUT2D eigenvalue weighted by Crippen LogP contribution is 2.31. The van der Waals surface area contributed by atoms with Crippen molar-refractivity contribution in [3.63, 3.8) is 0 Å². The van der Waals surface area contributed by atoms with E-state index in [9.17, 15) is 13.2 Å². The lowest BCUT2D eigenvalue weighted by Gasteiger charge is -2.12. The summed E-state index contributed by atoms with van der Waals surface area (Å²) >= 11 is 0. The first kappa shape index (κ1) is 14.6. The van der Waals surface area contributed by atoms with Gasteiger partial charge >= 0.3 is 5.97 Å². The molecule has 0 aliphatic carbocycles. The van der Waals surface area contributed by atoms with Gasteiger partial charge in [-0.25, -0.2) is 8.42 Å². The third-order valence-corrected chi connectivity index (χ3v) is 4.27. The molecule has 1 heterocycles. The number of sulfonamides is 1. The Balaban J connectivity index is 2.28. The average Bonchev–Trinajstić information content (AvgIpc) is 2.62. The van der Waals surface area contributed by atoms with Crippen LogP contribution in [0.5, 0.6) is 11.5 Å². The predicted octanol–water partition coefficient (Wildman–Crippen LogP) is 0.599. The fourth-order valence-electron chi connectivity index (χ4n) is 1.66. The molecular weight excluding hydrogens is 286 g/mol. The van der Waals surface area contributed by atoms with Crippen molar-refractivity contribution < 1.29 is 27.8 Å². The van der Waals surface area contributed by atoms with Crippen LogP contribution in [-0.4, -0.2) is 38.7 Å². The molecular formula is C12H15NO6S. The lowest BCUT2D eigenvalue weighted by Crippen LogP contribution is -2.38. The summed E-state index contributed by atoms with van der Waals surface area (Å²) in [6, 6.07) is 2.97. The molecule has 1 atom stereocenters. The molecule has 1 aromatic rings. The molecule has 0 amide bonds. The van der Waals surface area contributed by atoms with Gasteiger partial charge in [-0.1, -0.05) is 0 Å². The molecule has 0 aromatic heterocycles. The predicted molar refractivity (Wildman–Crippen MR) is 69.5 cm³/mol. The Morgan fingerprint density at radius 2 is 1.95 bits per heavy atom. The Bertz CT molecular complexity index is 612. The van der Waals surface area contributed by atoms with Gasteiger partial charge in [0.25, 0.3) is 0 Å². The summed E-state index contributed by atoms with van der Waals surface area (Å²) in [6.07, 6.45) is 0.713. The second-order valence-corrected chi connectivity index (χ2v) is 6.05. The van der Waals surface area contributed by atoms with Crippen molar-refractivity contribution in [1.82, 2.24) is 4.72 Å². The van der Waals surface area contributed by atoms with Crippen molar-refractivity contribution in [2.45, 2.75) is 24.3 Å². The fourth-order valence-corrected chi connectivity index (χ4v) is 2.87. The summed E-state index contributed by atoms with van der Waals surface area (Å²) in [5.41, 5.74) is 0. The molecule has 20 heavy (non-hydrogen) atoms. The number of carboxylic acids is 1. The topological polar surface area (TPSA) is 102 Å². The summed E-state index contributed by atoms with van der Waals surface area (Å²) in [4.78, 5) is 10.7. The fraction of sp³-hybridized carbons (Fsp3) is 0.417. The van der Waals surface area contributed by atoms with Gasteiger partial charge in [0.2, 0.25) is 10.0 Å². The average molecular weight is 301 g/mol. The highest BCUT2D eigenvalue weighted by Gasteiger charge is 2.23. The SMILES string of the molecule is C[C@@H](NS(=O)(=O)c1ccc2c(c1)OCCCO2)C(=O)O. The normalized spacial score (nSPS) is 16.2. The van der Waals surface area contributed by atoms with E-state index in [1.54, 1.807) is 0 Å². The van der Waals surface area contributed by atoms with Crippen molar-refractivity contribution in [1.29, 1.82) is 0 Å². The van der Waals surface area contributed by atoms with Crippen LogP contribution in [0.2, 0.25) is 0 Å². The number of carboxylic acid groups (broad SMARTS) is 1. The number of hydrogen-bond donors (Lipinski definition) is 2. The van der Waals surface area contributed by atoms with E-state index in [0.717, 1.165) is 0 Å². The molecule has 110 valence electrons. The van der Waals surface area contributed by atoms with E-state index in [4.69, 9.17) is 14.6 Å². The summed E-state index contributed by atoms with van der Waals surface area (Å²) in [6.45, 7) is 2.20. The van der Waals surface area contributed by atoms with E-state index in [1.807, 2.05) is 0 Å². The number of aliphatic carboxylic acids is 1. The Morgan fingerprint density at radius 1 is 1.30 bits per heavy atom. The van der Waals surface area contributed by atoms with Gasteiger partial charge < -0.3 is 14.6 Å². The minimum Gasteiger partial charge on any atom is -0.490 e. The molecule has 1 aromatic carbocycles. The quantitative estimate of drug-likeness (QED) is 0.844. The molecule has 0 saturated carbocycles. The lowest BCUT2D eigenvalue weighted by molar-refractivity contribution is -0.138. The third kappa shape index (κ3) is 3.20. The smallest absolute Gasteiger partial charge is 0.321 e. The maximum atomic E-state index is 12.0. The van der Waals surface area contributed by atoms with Crippen LogP contribution < -0.4 is 14.2 Å². The zero-order chi connectivity index (χ0) is 14.8. The largest absolute Gasteiger partial charge is 0.490 e. The van der Waals surface area contributed by atoms with Crippen molar-refractivity contribution in [3.05, 3.63) is 18.2 Å². The Hall–Kier alpha value is -1.80. The van der Waals surface area contributed by atoms with Crippen molar-refractivity contribution in [2.75, 3.05) is 13.2 Å². The first-order chi connectivity index (χ1) is 9.40. The number of benzene rings is 1. The van der Waals surface area contributed by atoms with Crippen LogP contribution in [0.4, 0.5) is 0 Å². The van der Waals surface area contributed by atoms with Crippen LogP contribution in [0.3, 0.4) is 0 Å². The highest BCUT2D eigenvalue weighted by molar-refractivity contribution is 7.89. The molecule has 0 bridgehead atoms. The minimum atomic E-state index is -3.92. The van der Waals surface area contributed by atoms with Gasteiger partial charge in [-0.2, -0.15) is 4.72 Å². The molecule has 2 N–H and O–H groups in total. The van der Waals surface area contributed by atoms with Crippen molar-refractivity contribution in [2.24, 2.45) is 0 Å². The molecule has 0 saturated heterocycles. The maximum absolute atomic E-state index is 12.0. The first-order valence-corrected chi connectivity index (χ1v) is 7.53. The van der Waals surface area contributed by atoms with Gasteiger partial charge in [0.05, 0.1) is 18.1 Å². The monoisotopic (exact) mass is 301 g/mol. The molecule has 1 aliphatic heterocycles. The van der Waals surface area contributed by atoms with Crippen LogP contribution in [0.15, 0.2) is 23.1 Å². The molecule has 0 fully saturated rings.